The molecule has 0 bridgehead atoms. The molecule has 1 atom stereocenters. The van der Waals surface area contributed by atoms with Crippen LogP contribution in [0.1, 0.15) is 12.0 Å². The molecule has 4 heteroatoms. The maximum absolute atomic E-state index is 5.97. The molecule has 1 aromatic carbocycles. The Hall–Kier alpha value is -0.770. The van der Waals surface area contributed by atoms with Crippen molar-refractivity contribution in [2.75, 3.05) is 32.9 Å². The van der Waals surface area contributed by atoms with E-state index in [-0.39, 0.29) is 0 Å². The smallest absolute Gasteiger partial charge is 0.0426 e. The van der Waals surface area contributed by atoms with Gasteiger partial charge < -0.3 is 10.6 Å². The van der Waals surface area contributed by atoms with Crippen LogP contribution in [0.25, 0.3) is 0 Å². The first-order chi connectivity index (χ1) is 8.06. The van der Waals surface area contributed by atoms with E-state index in [1.54, 1.807) is 0 Å². The molecule has 1 unspecified atom stereocenters. The summed E-state index contributed by atoms with van der Waals surface area (Å²) in [6, 6.07) is 6.44. The van der Waals surface area contributed by atoms with Crippen LogP contribution in [0.15, 0.2) is 18.2 Å². The zero-order chi connectivity index (χ0) is 12.4. The lowest BCUT2D eigenvalue weighted by atomic mass is 10.1. The first kappa shape index (κ1) is 12.7. The third-order valence-electron chi connectivity index (χ3n) is 3.48. The maximum Gasteiger partial charge on any atom is 0.0426 e. The first-order valence-electron chi connectivity index (χ1n) is 5.99. The van der Waals surface area contributed by atoms with Crippen molar-refractivity contribution in [3.8, 4) is 0 Å². The summed E-state index contributed by atoms with van der Waals surface area (Å²) >= 11 is 5.90. The van der Waals surface area contributed by atoms with Gasteiger partial charge in [0.1, 0.15) is 0 Å². The molecule has 2 N–H and O–H groups in total. The Kier molecular flexibility index (Phi) is 3.92. The largest absolute Gasteiger partial charge is 0.398 e. The number of likely N-dealkylation sites (N-methyl/N-ethyl adjacent to an activating group) is 1. The van der Waals surface area contributed by atoms with Crippen LogP contribution in [0, 0.1) is 0 Å². The highest BCUT2D eigenvalue weighted by Crippen LogP contribution is 2.22. The van der Waals surface area contributed by atoms with Crippen molar-refractivity contribution in [2.24, 2.45) is 0 Å². The Morgan fingerprint density at radius 1 is 1.47 bits per heavy atom. The van der Waals surface area contributed by atoms with Crippen LogP contribution in [-0.4, -0.2) is 43.0 Å². The molecule has 17 heavy (non-hydrogen) atoms. The van der Waals surface area contributed by atoms with Crippen molar-refractivity contribution < 1.29 is 0 Å². The van der Waals surface area contributed by atoms with E-state index in [9.17, 15) is 0 Å². The Morgan fingerprint density at radius 3 is 2.82 bits per heavy atom. The van der Waals surface area contributed by atoms with E-state index in [4.69, 9.17) is 17.3 Å². The second-order valence-electron chi connectivity index (χ2n) is 4.98. The minimum absolute atomic E-state index is 0.670. The van der Waals surface area contributed by atoms with E-state index in [1.165, 1.54) is 12.0 Å². The molecule has 1 fully saturated rings. The molecule has 1 heterocycles. The number of rotatable bonds is 3. The van der Waals surface area contributed by atoms with E-state index in [2.05, 4.69) is 23.9 Å². The quantitative estimate of drug-likeness (QED) is 0.837. The third-order valence-corrected chi connectivity index (χ3v) is 3.71. The summed E-state index contributed by atoms with van der Waals surface area (Å²) in [4.78, 5) is 4.75. The predicted octanol–water partition coefficient (Wildman–Crippen LogP) is 2.06. The highest BCUT2D eigenvalue weighted by Gasteiger charge is 2.24. The van der Waals surface area contributed by atoms with Gasteiger partial charge in [-0.15, -0.1) is 0 Å². The van der Waals surface area contributed by atoms with Crippen molar-refractivity contribution >= 4 is 17.3 Å². The van der Waals surface area contributed by atoms with Crippen molar-refractivity contribution in [1.29, 1.82) is 0 Å². The standard InChI is InChI=1S/C13H20ClN3/c1-16(2)12-5-6-17(9-12)8-10-3-4-11(14)7-13(10)15/h3-4,7,12H,5-6,8-9,15H2,1-2H3. The highest BCUT2D eigenvalue weighted by atomic mass is 35.5. The van der Waals surface area contributed by atoms with Crippen LogP contribution < -0.4 is 5.73 Å². The van der Waals surface area contributed by atoms with Gasteiger partial charge in [-0.3, -0.25) is 4.90 Å². The van der Waals surface area contributed by atoms with E-state index in [1.807, 2.05) is 18.2 Å². The third kappa shape index (κ3) is 3.12. The molecule has 3 nitrogen and oxygen atoms in total. The van der Waals surface area contributed by atoms with Gasteiger partial charge in [-0.25, -0.2) is 0 Å². The summed E-state index contributed by atoms with van der Waals surface area (Å²) in [5, 5.41) is 0.707. The molecular weight excluding hydrogens is 234 g/mol. The van der Waals surface area contributed by atoms with Gasteiger partial charge in [0, 0.05) is 36.4 Å². The molecule has 0 radical (unpaired) electrons. The van der Waals surface area contributed by atoms with Gasteiger partial charge in [-0.1, -0.05) is 17.7 Å². The number of benzene rings is 1. The summed E-state index contributed by atoms with van der Waals surface area (Å²) < 4.78 is 0. The molecule has 1 aromatic rings. The van der Waals surface area contributed by atoms with E-state index in [0.717, 1.165) is 25.3 Å². The van der Waals surface area contributed by atoms with Gasteiger partial charge in [0.2, 0.25) is 0 Å². The topological polar surface area (TPSA) is 32.5 Å². The van der Waals surface area contributed by atoms with Crippen molar-refractivity contribution in [1.82, 2.24) is 9.80 Å². The van der Waals surface area contributed by atoms with E-state index in [0.29, 0.717) is 11.1 Å². The van der Waals surface area contributed by atoms with Gasteiger partial charge >= 0.3 is 0 Å². The highest BCUT2D eigenvalue weighted by molar-refractivity contribution is 6.30. The van der Waals surface area contributed by atoms with E-state index >= 15 is 0 Å². The monoisotopic (exact) mass is 253 g/mol. The molecule has 1 aliphatic rings. The van der Waals surface area contributed by atoms with Gasteiger partial charge in [-0.05, 0) is 38.2 Å². The van der Waals surface area contributed by atoms with Gasteiger partial charge in [0.05, 0.1) is 0 Å². The van der Waals surface area contributed by atoms with Gasteiger partial charge in [-0.2, -0.15) is 0 Å². The lowest BCUT2D eigenvalue weighted by molar-refractivity contribution is 0.265. The lowest BCUT2D eigenvalue weighted by Gasteiger charge is -2.20. The average molecular weight is 254 g/mol. The molecule has 0 aromatic heterocycles. The molecule has 0 saturated carbocycles. The molecule has 0 aliphatic carbocycles. The summed E-state index contributed by atoms with van der Waals surface area (Å²) in [6.45, 7) is 3.19. The number of nitrogens with two attached hydrogens (primary N) is 1. The van der Waals surface area contributed by atoms with Gasteiger partial charge in [0.15, 0.2) is 0 Å². The van der Waals surface area contributed by atoms with Gasteiger partial charge in [0.25, 0.3) is 0 Å². The molecule has 0 amide bonds. The number of nitrogens with zero attached hydrogens (tertiary/aromatic N) is 2. The second kappa shape index (κ2) is 5.25. The number of nitrogen functional groups attached to an aromatic ring is 1. The molecule has 0 spiro atoms. The Bertz CT molecular complexity index is 392. The molecular formula is C13H20ClN3. The minimum atomic E-state index is 0.670. The molecule has 1 aliphatic heterocycles. The fourth-order valence-corrected chi connectivity index (χ4v) is 2.51. The normalized spacial score (nSPS) is 21.3. The fourth-order valence-electron chi connectivity index (χ4n) is 2.33. The Labute approximate surface area is 108 Å². The first-order valence-corrected chi connectivity index (χ1v) is 6.37. The maximum atomic E-state index is 5.97. The zero-order valence-electron chi connectivity index (χ0n) is 10.5. The zero-order valence-corrected chi connectivity index (χ0v) is 11.2. The summed E-state index contributed by atoms with van der Waals surface area (Å²) in [6.07, 6.45) is 1.24. The fraction of sp³-hybridized carbons (Fsp3) is 0.538. The number of likely N-dealkylation sites (tertiary alicyclic amines) is 1. The average Bonchev–Trinajstić information content (AvgIpc) is 2.71. The van der Waals surface area contributed by atoms with Crippen LogP contribution in [-0.2, 0) is 6.54 Å². The van der Waals surface area contributed by atoms with E-state index < -0.39 is 0 Å². The Balaban J connectivity index is 1.98. The number of anilines is 1. The molecule has 2 rings (SSSR count). The lowest BCUT2D eigenvalue weighted by Crippen LogP contribution is -2.31. The summed E-state index contributed by atoms with van der Waals surface area (Å²) in [5.74, 6) is 0. The van der Waals surface area contributed by atoms with Crippen LogP contribution in [0.5, 0.6) is 0 Å². The summed E-state index contributed by atoms with van der Waals surface area (Å²) in [5.41, 5.74) is 7.94. The number of halogens is 1. The van der Waals surface area contributed by atoms with Crippen molar-refractivity contribution in [3.63, 3.8) is 0 Å². The molecule has 94 valence electrons. The second-order valence-corrected chi connectivity index (χ2v) is 5.42. The van der Waals surface area contributed by atoms with Crippen LogP contribution >= 0.6 is 11.6 Å². The Morgan fingerprint density at radius 2 is 2.24 bits per heavy atom. The predicted molar refractivity (Wildman–Crippen MR) is 73.2 cm³/mol. The minimum Gasteiger partial charge on any atom is -0.398 e. The summed E-state index contributed by atoms with van der Waals surface area (Å²) in [7, 11) is 4.29. The number of hydrogen-bond donors (Lipinski definition) is 1. The SMILES string of the molecule is CN(C)C1CCN(Cc2ccc(Cl)cc2N)C1. The number of hydrogen-bond acceptors (Lipinski definition) is 3. The van der Waals surface area contributed by atoms with Crippen LogP contribution in [0.4, 0.5) is 5.69 Å². The molecule has 1 saturated heterocycles. The van der Waals surface area contributed by atoms with Crippen LogP contribution in [0.3, 0.4) is 0 Å². The van der Waals surface area contributed by atoms with Crippen molar-refractivity contribution in [3.05, 3.63) is 28.8 Å². The van der Waals surface area contributed by atoms with Crippen LogP contribution in [0.2, 0.25) is 5.02 Å². The van der Waals surface area contributed by atoms with Crippen molar-refractivity contribution in [2.45, 2.75) is 19.0 Å².